The van der Waals surface area contributed by atoms with Gasteiger partial charge < -0.3 is 5.32 Å². The largest absolute Gasteiger partial charge is 0.313 e. The summed E-state index contributed by atoms with van der Waals surface area (Å²) in [7, 11) is -2.73. The molecule has 4 aliphatic carbocycles. The highest BCUT2D eigenvalue weighted by molar-refractivity contribution is 7.91. The second-order valence-corrected chi connectivity index (χ2v) is 10.9. The Bertz CT molecular complexity index is 478. The van der Waals surface area contributed by atoms with E-state index in [4.69, 9.17) is 0 Å². The zero-order valence-electron chi connectivity index (χ0n) is 13.2. The van der Waals surface area contributed by atoms with Crippen molar-refractivity contribution in [1.29, 1.82) is 0 Å². The van der Waals surface area contributed by atoms with Crippen molar-refractivity contribution in [3.8, 4) is 0 Å². The SMILES string of the molecule is C[C@H](NC[C@@H]1CCS(=O)(=O)C1)C12CC3CC(CC(C3)C1)C2. The van der Waals surface area contributed by atoms with Crippen LogP contribution in [0.4, 0.5) is 0 Å². The molecule has 1 aliphatic heterocycles. The van der Waals surface area contributed by atoms with Crippen molar-refractivity contribution in [2.75, 3.05) is 18.1 Å². The molecular formula is C17H29NO2S. The van der Waals surface area contributed by atoms with Crippen molar-refractivity contribution >= 4 is 9.84 Å². The zero-order valence-corrected chi connectivity index (χ0v) is 14.0. The summed E-state index contributed by atoms with van der Waals surface area (Å²) < 4.78 is 23.2. The Labute approximate surface area is 129 Å². The van der Waals surface area contributed by atoms with Gasteiger partial charge in [-0.25, -0.2) is 8.42 Å². The molecule has 0 unspecified atom stereocenters. The molecule has 0 radical (unpaired) electrons. The summed E-state index contributed by atoms with van der Waals surface area (Å²) in [6.45, 7) is 3.28. The lowest BCUT2D eigenvalue weighted by molar-refractivity contribution is -0.0707. The van der Waals surface area contributed by atoms with Gasteiger partial charge >= 0.3 is 0 Å². The van der Waals surface area contributed by atoms with Gasteiger partial charge in [0.25, 0.3) is 0 Å². The molecule has 120 valence electrons. The first-order valence-electron chi connectivity index (χ1n) is 8.88. The minimum absolute atomic E-state index is 0.353. The molecule has 0 aromatic carbocycles. The number of rotatable bonds is 4. The van der Waals surface area contributed by atoms with Gasteiger partial charge in [0.1, 0.15) is 0 Å². The van der Waals surface area contributed by atoms with Gasteiger partial charge in [0, 0.05) is 6.04 Å². The molecule has 0 aromatic heterocycles. The highest BCUT2D eigenvalue weighted by Crippen LogP contribution is 2.61. The van der Waals surface area contributed by atoms with Crippen LogP contribution < -0.4 is 5.32 Å². The third-order valence-electron chi connectivity index (χ3n) is 7.04. The molecular weight excluding hydrogens is 282 g/mol. The van der Waals surface area contributed by atoms with Crippen LogP contribution in [0.3, 0.4) is 0 Å². The summed E-state index contributed by atoms with van der Waals surface area (Å²) in [5.41, 5.74) is 0.534. The molecule has 4 heteroatoms. The molecule has 3 nitrogen and oxygen atoms in total. The van der Waals surface area contributed by atoms with Crippen LogP contribution in [0.15, 0.2) is 0 Å². The van der Waals surface area contributed by atoms with Crippen molar-refractivity contribution in [2.45, 2.75) is 57.9 Å². The first kappa shape index (κ1) is 14.5. The van der Waals surface area contributed by atoms with Gasteiger partial charge in [-0.05, 0) is 87.5 Å². The second-order valence-electron chi connectivity index (χ2n) is 8.68. The Morgan fingerprint density at radius 3 is 2.14 bits per heavy atom. The molecule has 5 aliphatic rings. The monoisotopic (exact) mass is 311 g/mol. The maximum atomic E-state index is 11.6. The van der Waals surface area contributed by atoms with Crippen molar-refractivity contribution < 1.29 is 8.42 Å². The van der Waals surface area contributed by atoms with Crippen LogP contribution in [0.2, 0.25) is 0 Å². The van der Waals surface area contributed by atoms with E-state index in [1.807, 2.05) is 0 Å². The van der Waals surface area contributed by atoms with Crippen molar-refractivity contribution in [3.63, 3.8) is 0 Å². The Morgan fingerprint density at radius 2 is 1.67 bits per heavy atom. The van der Waals surface area contributed by atoms with Gasteiger partial charge in [0.15, 0.2) is 9.84 Å². The smallest absolute Gasteiger partial charge is 0.150 e. The maximum absolute atomic E-state index is 11.6. The Hall–Kier alpha value is -0.0900. The molecule has 0 aromatic rings. The lowest BCUT2D eigenvalue weighted by Gasteiger charge is -2.59. The Balaban J connectivity index is 1.38. The minimum atomic E-state index is -2.73. The van der Waals surface area contributed by atoms with E-state index in [1.54, 1.807) is 0 Å². The number of hydrogen-bond donors (Lipinski definition) is 1. The van der Waals surface area contributed by atoms with E-state index in [2.05, 4.69) is 12.2 Å². The predicted octanol–water partition coefficient (Wildman–Crippen LogP) is 2.62. The van der Waals surface area contributed by atoms with Crippen LogP contribution in [0.25, 0.3) is 0 Å². The number of nitrogens with one attached hydrogen (secondary N) is 1. The van der Waals surface area contributed by atoms with Gasteiger partial charge in [0.05, 0.1) is 11.5 Å². The van der Waals surface area contributed by atoms with Crippen LogP contribution in [-0.4, -0.2) is 32.5 Å². The third-order valence-corrected chi connectivity index (χ3v) is 8.88. The molecule has 1 saturated heterocycles. The third kappa shape index (κ3) is 2.67. The normalized spacial score (nSPS) is 48.6. The Kier molecular flexibility index (Phi) is 3.42. The summed E-state index contributed by atoms with van der Waals surface area (Å²) in [6.07, 6.45) is 9.62. The lowest BCUT2D eigenvalue weighted by atomic mass is 9.48. The number of hydrogen-bond acceptors (Lipinski definition) is 3. The minimum Gasteiger partial charge on any atom is -0.313 e. The van der Waals surface area contributed by atoms with Crippen molar-refractivity contribution in [3.05, 3.63) is 0 Å². The van der Waals surface area contributed by atoms with E-state index in [-0.39, 0.29) is 0 Å². The van der Waals surface area contributed by atoms with Gasteiger partial charge in [-0.2, -0.15) is 0 Å². The fraction of sp³-hybridized carbons (Fsp3) is 1.00. The number of sulfone groups is 1. The van der Waals surface area contributed by atoms with Crippen LogP contribution in [0.5, 0.6) is 0 Å². The summed E-state index contributed by atoms with van der Waals surface area (Å²) in [5.74, 6) is 4.15. The molecule has 1 N–H and O–H groups in total. The van der Waals surface area contributed by atoms with Crippen molar-refractivity contribution in [1.82, 2.24) is 5.32 Å². The molecule has 0 spiro atoms. The fourth-order valence-corrected chi connectivity index (χ4v) is 8.16. The summed E-state index contributed by atoms with van der Waals surface area (Å²) in [5, 5.41) is 3.75. The van der Waals surface area contributed by atoms with Crippen LogP contribution in [0.1, 0.15) is 51.9 Å². The molecule has 1 heterocycles. The van der Waals surface area contributed by atoms with Crippen LogP contribution in [0, 0.1) is 29.1 Å². The lowest BCUT2D eigenvalue weighted by Crippen LogP contribution is -2.55. The van der Waals surface area contributed by atoms with E-state index >= 15 is 0 Å². The van der Waals surface area contributed by atoms with E-state index in [9.17, 15) is 8.42 Å². The first-order valence-corrected chi connectivity index (χ1v) is 10.7. The molecule has 4 saturated carbocycles. The van der Waals surface area contributed by atoms with E-state index in [0.717, 1.165) is 30.7 Å². The summed E-state index contributed by atoms with van der Waals surface area (Å²) in [4.78, 5) is 0. The van der Waals surface area contributed by atoms with Gasteiger partial charge in [-0.1, -0.05) is 0 Å². The summed E-state index contributed by atoms with van der Waals surface area (Å²) in [6, 6.07) is 0.564. The van der Waals surface area contributed by atoms with Gasteiger partial charge in [-0.15, -0.1) is 0 Å². The molecule has 2 atom stereocenters. The second kappa shape index (κ2) is 4.95. The first-order chi connectivity index (χ1) is 9.94. The van der Waals surface area contributed by atoms with E-state index in [1.165, 1.54) is 38.5 Å². The zero-order chi connectivity index (χ0) is 14.7. The van der Waals surface area contributed by atoms with Gasteiger partial charge in [0.2, 0.25) is 0 Å². The topological polar surface area (TPSA) is 46.2 Å². The highest BCUT2D eigenvalue weighted by Gasteiger charge is 2.53. The molecule has 4 bridgehead atoms. The van der Waals surface area contributed by atoms with E-state index in [0.29, 0.717) is 28.9 Å². The van der Waals surface area contributed by atoms with Crippen LogP contribution >= 0.6 is 0 Å². The van der Waals surface area contributed by atoms with Crippen molar-refractivity contribution in [2.24, 2.45) is 29.1 Å². The predicted molar refractivity (Wildman–Crippen MR) is 84.8 cm³/mol. The fourth-order valence-electron chi connectivity index (χ4n) is 6.30. The molecule has 5 rings (SSSR count). The maximum Gasteiger partial charge on any atom is 0.150 e. The standard InChI is InChI=1S/C17H29NO2S/c1-12(18-10-13-2-3-21(19,20)11-13)17-7-14-4-15(8-17)6-16(5-14)9-17/h12-16,18H,2-11H2,1H3/t12-,13-,14?,15?,16?,17?/m0/s1. The van der Waals surface area contributed by atoms with Crippen LogP contribution in [-0.2, 0) is 9.84 Å². The van der Waals surface area contributed by atoms with E-state index < -0.39 is 9.84 Å². The average Bonchev–Trinajstić information content (AvgIpc) is 2.74. The Morgan fingerprint density at radius 1 is 1.10 bits per heavy atom. The molecule has 21 heavy (non-hydrogen) atoms. The quantitative estimate of drug-likeness (QED) is 0.868. The average molecular weight is 311 g/mol. The summed E-state index contributed by atoms with van der Waals surface area (Å²) >= 11 is 0. The van der Waals surface area contributed by atoms with Gasteiger partial charge in [-0.3, -0.25) is 0 Å². The highest BCUT2D eigenvalue weighted by atomic mass is 32.2. The molecule has 5 fully saturated rings. The molecule has 0 amide bonds.